The molecule has 4 nitrogen and oxygen atoms in total. The summed E-state index contributed by atoms with van der Waals surface area (Å²) < 4.78 is 5.20. The summed E-state index contributed by atoms with van der Waals surface area (Å²) in [6.07, 6.45) is 2.72. The number of hydrogen-bond donors (Lipinski definition) is 0. The molecular formula is C17H26N2O2. The highest BCUT2D eigenvalue weighted by Gasteiger charge is 2.25. The van der Waals surface area contributed by atoms with Gasteiger partial charge in [-0.25, -0.2) is 4.79 Å². The maximum Gasteiger partial charge on any atom is 0.409 e. The van der Waals surface area contributed by atoms with Gasteiger partial charge < -0.3 is 9.64 Å². The van der Waals surface area contributed by atoms with E-state index in [2.05, 4.69) is 29.2 Å². The number of hydrogen-bond acceptors (Lipinski definition) is 3. The monoisotopic (exact) mass is 290 g/mol. The molecular weight excluding hydrogens is 264 g/mol. The average molecular weight is 290 g/mol. The number of nitrogens with zero attached hydrogens (tertiary/aromatic N) is 2. The highest BCUT2D eigenvalue weighted by Crippen LogP contribution is 2.18. The third kappa shape index (κ3) is 4.74. The minimum Gasteiger partial charge on any atom is -0.449 e. The minimum absolute atomic E-state index is 0.182. The van der Waals surface area contributed by atoms with Gasteiger partial charge in [-0.15, -0.1) is 0 Å². The Bertz CT molecular complexity index is 428. The number of amides is 1. The second-order valence-corrected chi connectivity index (χ2v) is 5.72. The molecule has 1 aromatic carbocycles. The van der Waals surface area contributed by atoms with E-state index in [0.29, 0.717) is 12.6 Å². The summed E-state index contributed by atoms with van der Waals surface area (Å²) >= 11 is 0. The van der Waals surface area contributed by atoms with Crippen LogP contribution >= 0.6 is 0 Å². The van der Waals surface area contributed by atoms with Gasteiger partial charge in [-0.1, -0.05) is 37.3 Å². The fraction of sp³-hybridized carbons (Fsp3) is 0.588. The molecule has 1 amide bonds. The molecule has 0 N–H and O–H groups in total. The van der Waals surface area contributed by atoms with E-state index in [1.807, 2.05) is 20.0 Å². The number of piperidine rings is 1. The highest BCUT2D eigenvalue weighted by molar-refractivity contribution is 5.67. The lowest BCUT2D eigenvalue weighted by atomic mass is 10.0. The Morgan fingerprint density at radius 3 is 2.57 bits per heavy atom. The topological polar surface area (TPSA) is 32.8 Å². The smallest absolute Gasteiger partial charge is 0.409 e. The average Bonchev–Trinajstić information content (AvgIpc) is 2.53. The third-order valence-corrected chi connectivity index (χ3v) is 4.07. The zero-order chi connectivity index (χ0) is 15.1. The first-order chi connectivity index (χ1) is 10.2. The van der Waals surface area contributed by atoms with Crippen LogP contribution in [0, 0.1) is 0 Å². The predicted octanol–water partition coefficient (Wildman–Crippen LogP) is 3.13. The molecule has 0 atom stereocenters. The zero-order valence-corrected chi connectivity index (χ0v) is 13.1. The van der Waals surface area contributed by atoms with Gasteiger partial charge in [0.1, 0.15) is 0 Å². The molecule has 0 aromatic heterocycles. The molecule has 1 aliphatic heterocycles. The summed E-state index contributed by atoms with van der Waals surface area (Å²) in [7, 11) is 1.86. The van der Waals surface area contributed by atoms with Crippen LogP contribution in [0.4, 0.5) is 4.79 Å². The first-order valence-corrected chi connectivity index (χ1v) is 7.86. The Balaban J connectivity index is 1.76. The lowest BCUT2D eigenvalue weighted by molar-refractivity contribution is 0.0758. The minimum atomic E-state index is -0.182. The van der Waals surface area contributed by atoms with Gasteiger partial charge in [0.2, 0.25) is 0 Å². The molecule has 1 fully saturated rings. The zero-order valence-electron chi connectivity index (χ0n) is 13.1. The van der Waals surface area contributed by atoms with Crippen molar-refractivity contribution in [1.29, 1.82) is 0 Å². The standard InChI is InChI=1S/C17H26N2O2/c1-3-13-21-17(20)18(2)16-9-11-19(12-10-16)14-15-7-5-4-6-8-15/h4-8,16H,3,9-14H2,1-2H3. The van der Waals surface area contributed by atoms with Crippen LogP contribution in [0.5, 0.6) is 0 Å². The predicted molar refractivity (Wildman–Crippen MR) is 84.1 cm³/mol. The van der Waals surface area contributed by atoms with Crippen molar-refractivity contribution in [1.82, 2.24) is 9.80 Å². The Hall–Kier alpha value is -1.55. The van der Waals surface area contributed by atoms with E-state index in [1.165, 1.54) is 5.56 Å². The molecule has 0 unspecified atom stereocenters. The van der Waals surface area contributed by atoms with Gasteiger partial charge in [0.15, 0.2) is 0 Å². The quantitative estimate of drug-likeness (QED) is 0.835. The molecule has 0 spiro atoms. The molecule has 1 heterocycles. The van der Waals surface area contributed by atoms with Crippen LogP contribution in [0.15, 0.2) is 30.3 Å². The van der Waals surface area contributed by atoms with Crippen molar-refractivity contribution in [3.63, 3.8) is 0 Å². The molecule has 0 aliphatic carbocycles. The van der Waals surface area contributed by atoms with E-state index < -0.39 is 0 Å². The Morgan fingerprint density at radius 1 is 1.29 bits per heavy atom. The Labute approximate surface area is 127 Å². The van der Waals surface area contributed by atoms with E-state index in [-0.39, 0.29) is 6.09 Å². The number of rotatable bonds is 5. The second kappa shape index (κ2) is 8.03. The maximum absolute atomic E-state index is 11.9. The van der Waals surface area contributed by atoms with Gasteiger partial charge in [-0.2, -0.15) is 0 Å². The van der Waals surface area contributed by atoms with Crippen molar-refractivity contribution in [2.75, 3.05) is 26.7 Å². The van der Waals surface area contributed by atoms with Crippen molar-refractivity contribution in [3.05, 3.63) is 35.9 Å². The van der Waals surface area contributed by atoms with Crippen LogP contribution < -0.4 is 0 Å². The van der Waals surface area contributed by atoms with E-state index in [4.69, 9.17) is 4.74 Å². The fourth-order valence-electron chi connectivity index (χ4n) is 2.75. The van der Waals surface area contributed by atoms with Gasteiger partial charge >= 0.3 is 6.09 Å². The van der Waals surface area contributed by atoms with Crippen molar-refractivity contribution in [2.24, 2.45) is 0 Å². The van der Waals surface area contributed by atoms with Crippen molar-refractivity contribution >= 4 is 6.09 Å². The van der Waals surface area contributed by atoms with Crippen LogP contribution in [0.3, 0.4) is 0 Å². The van der Waals surface area contributed by atoms with Gasteiger partial charge in [0, 0.05) is 32.7 Å². The summed E-state index contributed by atoms with van der Waals surface area (Å²) in [5.74, 6) is 0. The fourth-order valence-corrected chi connectivity index (χ4v) is 2.75. The molecule has 0 bridgehead atoms. The number of ether oxygens (including phenoxy) is 1. The Kier molecular flexibility index (Phi) is 6.05. The lowest BCUT2D eigenvalue weighted by Crippen LogP contribution is -2.45. The number of carbonyl (C=O) groups excluding carboxylic acids is 1. The van der Waals surface area contributed by atoms with E-state index in [0.717, 1.165) is 38.9 Å². The molecule has 1 aromatic rings. The summed E-state index contributed by atoms with van der Waals surface area (Å²) in [5.41, 5.74) is 1.35. The van der Waals surface area contributed by atoms with Crippen LogP contribution in [-0.2, 0) is 11.3 Å². The van der Waals surface area contributed by atoms with Gasteiger partial charge in [-0.05, 0) is 24.8 Å². The summed E-state index contributed by atoms with van der Waals surface area (Å²) in [5, 5.41) is 0. The van der Waals surface area contributed by atoms with E-state index in [1.54, 1.807) is 4.90 Å². The second-order valence-electron chi connectivity index (χ2n) is 5.72. The first-order valence-electron chi connectivity index (χ1n) is 7.86. The molecule has 0 radical (unpaired) electrons. The summed E-state index contributed by atoms with van der Waals surface area (Å²) in [6, 6.07) is 10.9. The number of likely N-dealkylation sites (tertiary alicyclic amines) is 1. The largest absolute Gasteiger partial charge is 0.449 e. The van der Waals surface area contributed by atoms with E-state index >= 15 is 0 Å². The maximum atomic E-state index is 11.9. The molecule has 1 aliphatic rings. The van der Waals surface area contributed by atoms with Crippen molar-refractivity contribution in [3.8, 4) is 0 Å². The molecule has 116 valence electrons. The van der Waals surface area contributed by atoms with Crippen molar-refractivity contribution < 1.29 is 9.53 Å². The normalized spacial score (nSPS) is 16.7. The van der Waals surface area contributed by atoms with Gasteiger partial charge in [0.25, 0.3) is 0 Å². The highest BCUT2D eigenvalue weighted by atomic mass is 16.6. The SMILES string of the molecule is CCCOC(=O)N(C)C1CCN(Cc2ccccc2)CC1. The molecule has 4 heteroatoms. The van der Waals surface area contributed by atoms with Crippen LogP contribution in [0.2, 0.25) is 0 Å². The Morgan fingerprint density at radius 2 is 1.95 bits per heavy atom. The summed E-state index contributed by atoms with van der Waals surface area (Å²) in [4.78, 5) is 16.1. The van der Waals surface area contributed by atoms with Gasteiger partial charge in [-0.3, -0.25) is 4.90 Å². The third-order valence-electron chi connectivity index (χ3n) is 4.07. The molecule has 1 saturated heterocycles. The van der Waals surface area contributed by atoms with Crippen LogP contribution in [0.1, 0.15) is 31.7 Å². The van der Waals surface area contributed by atoms with Crippen LogP contribution in [0.25, 0.3) is 0 Å². The first kappa shape index (κ1) is 15.8. The summed E-state index contributed by atoms with van der Waals surface area (Å²) in [6.45, 7) is 5.58. The number of carbonyl (C=O) groups is 1. The van der Waals surface area contributed by atoms with Crippen molar-refractivity contribution in [2.45, 2.75) is 38.8 Å². The lowest BCUT2D eigenvalue weighted by Gasteiger charge is -2.36. The number of benzene rings is 1. The molecule has 2 rings (SSSR count). The van der Waals surface area contributed by atoms with E-state index in [9.17, 15) is 4.79 Å². The van der Waals surface area contributed by atoms with Crippen LogP contribution in [-0.4, -0.2) is 48.7 Å². The molecule has 21 heavy (non-hydrogen) atoms. The van der Waals surface area contributed by atoms with Gasteiger partial charge in [0.05, 0.1) is 6.61 Å². The molecule has 0 saturated carbocycles.